The number of nitrogens with one attached hydrogen (secondary N) is 1. The van der Waals surface area contributed by atoms with Gasteiger partial charge in [-0.05, 0) is 44.0 Å². The number of nitrogens with zero attached hydrogens (tertiary/aromatic N) is 2. The van der Waals surface area contributed by atoms with Crippen molar-refractivity contribution in [3.05, 3.63) is 59.7 Å². The first-order valence-corrected chi connectivity index (χ1v) is 10.4. The SMILES string of the molecule is CCN1CCN(C(=O)CNC)CC(Cc2ccccc2-c2ccc(C)cc2)C1=O. The molecule has 1 N–H and O–H groups in total. The number of aryl methyl sites for hydroxylation is 1. The van der Waals surface area contributed by atoms with Gasteiger partial charge in [-0.25, -0.2) is 0 Å². The van der Waals surface area contributed by atoms with Crippen LogP contribution in [0.2, 0.25) is 0 Å². The quantitative estimate of drug-likeness (QED) is 0.821. The van der Waals surface area contributed by atoms with Crippen molar-refractivity contribution >= 4 is 11.8 Å². The third-order valence-electron chi connectivity index (χ3n) is 5.65. The fourth-order valence-electron chi connectivity index (χ4n) is 3.98. The summed E-state index contributed by atoms with van der Waals surface area (Å²) in [6, 6.07) is 16.8. The largest absolute Gasteiger partial charge is 0.341 e. The summed E-state index contributed by atoms with van der Waals surface area (Å²) >= 11 is 0. The average molecular weight is 394 g/mol. The first-order chi connectivity index (χ1) is 14.0. The van der Waals surface area contributed by atoms with Gasteiger partial charge in [0.15, 0.2) is 0 Å². The van der Waals surface area contributed by atoms with Crippen molar-refractivity contribution in [1.82, 2.24) is 15.1 Å². The van der Waals surface area contributed by atoms with Gasteiger partial charge in [-0.15, -0.1) is 0 Å². The molecule has 1 saturated heterocycles. The van der Waals surface area contributed by atoms with Gasteiger partial charge in [-0.1, -0.05) is 54.1 Å². The van der Waals surface area contributed by atoms with Crippen LogP contribution in [0, 0.1) is 12.8 Å². The highest BCUT2D eigenvalue weighted by atomic mass is 16.2. The summed E-state index contributed by atoms with van der Waals surface area (Å²) in [5, 5.41) is 2.93. The zero-order chi connectivity index (χ0) is 20.8. The highest BCUT2D eigenvalue weighted by Gasteiger charge is 2.31. The lowest BCUT2D eigenvalue weighted by atomic mass is 9.91. The second-order valence-corrected chi connectivity index (χ2v) is 7.71. The molecular formula is C24H31N3O2. The lowest BCUT2D eigenvalue weighted by molar-refractivity contribution is -0.134. The van der Waals surface area contributed by atoms with Gasteiger partial charge in [0, 0.05) is 26.2 Å². The molecule has 0 spiro atoms. The number of rotatable bonds is 6. The van der Waals surface area contributed by atoms with E-state index in [9.17, 15) is 9.59 Å². The Hall–Kier alpha value is -2.66. The number of carbonyl (C=O) groups excluding carboxylic acids is 2. The van der Waals surface area contributed by atoms with E-state index in [0.717, 1.165) is 16.7 Å². The maximum absolute atomic E-state index is 13.2. The van der Waals surface area contributed by atoms with E-state index in [2.05, 4.69) is 48.6 Å². The number of likely N-dealkylation sites (N-methyl/N-ethyl adjacent to an activating group) is 2. The van der Waals surface area contributed by atoms with Gasteiger partial charge in [0.2, 0.25) is 11.8 Å². The molecule has 0 aliphatic carbocycles. The lowest BCUT2D eigenvalue weighted by Crippen LogP contribution is -2.41. The number of benzene rings is 2. The van der Waals surface area contributed by atoms with Gasteiger partial charge < -0.3 is 15.1 Å². The second-order valence-electron chi connectivity index (χ2n) is 7.71. The molecule has 154 valence electrons. The van der Waals surface area contributed by atoms with Crippen molar-refractivity contribution in [1.29, 1.82) is 0 Å². The van der Waals surface area contributed by atoms with E-state index in [1.54, 1.807) is 7.05 Å². The predicted molar refractivity (Wildman–Crippen MR) is 117 cm³/mol. The summed E-state index contributed by atoms with van der Waals surface area (Å²) in [5.74, 6) is -0.0362. The van der Waals surface area contributed by atoms with Crippen molar-refractivity contribution in [2.45, 2.75) is 20.3 Å². The van der Waals surface area contributed by atoms with Crippen LogP contribution in [-0.4, -0.2) is 61.4 Å². The average Bonchev–Trinajstić information content (AvgIpc) is 2.88. The monoisotopic (exact) mass is 393 g/mol. The van der Waals surface area contributed by atoms with Crippen LogP contribution in [0.15, 0.2) is 48.5 Å². The van der Waals surface area contributed by atoms with Crippen LogP contribution in [0.4, 0.5) is 0 Å². The Kier molecular flexibility index (Phi) is 7.04. The minimum atomic E-state index is -0.232. The van der Waals surface area contributed by atoms with E-state index in [0.29, 0.717) is 39.1 Å². The molecule has 0 bridgehead atoms. The maximum Gasteiger partial charge on any atom is 0.236 e. The van der Waals surface area contributed by atoms with Gasteiger partial charge in [0.05, 0.1) is 12.5 Å². The van der Waals surface area contributed by atoms with Crippen LogP contribution in [0.3, 0.4) is 0 Å². The molecule has 1 aliphatic rings. The van der Waals surface area contributed by atoms with Crippen molar-refractivity contribution in [2.75, 3.05) is 39.8 Å². The first-order valence-electron chi connectivity index (χ1n) is 10.4. The minimum Gasteiger partial charge on any atom is -0.341 e. The third kappa shape index (κ3) is 5.04. The van der Waals surface area contributed by atoms with Crippen molar-refractivity contribution in [3.8, 4) is 11.1 Å². The number of hydrogen-bond donors (Lipinski definition) is 1. The van der Waals surface area contributed by atoms with E-state index < -0.39 is 0 Å². The molecule has 2 aromatic rings. The second kappa shape index (κ2) is 9.70. The van der Waals surface area contributed by atoms with E-state index in [-0.39, 0.29) is 17.7 Å². The van der Waals surface area contributed by atoms with Gasteiger partial charge in [-0.2, -0.15) is 0 Å². The summed E-state index contributed by atoms with van der Waals surface area (Å²) in [4.78, 5) is 29.4. The number of carbonyl (C=O) groups is 2. The van der Waals surface area contributed by atoms with Gasteiger partial charge in [0.1, 0.15) is 0 Å². The molecule has 2 aromatic carbocycles. The summed E-state index contributed by atoms with van der Waals surface area (Å²) in [5.41, 5.74) is 4.68. The summed E-state index contributed by atoms with van der Waals surface area (Å²) in [6.07, 6.45) is 0.628. The van der Waals surface area contributed by atoms with Crippen molar-refractivity contribution in [2.24, 2.45) is 5.92 Å². The smallest absolute Gasteiger partial charge is 0.236 e. The molecule has 5 nitrogen and oxygen atoms in total. The van der Waals surface area contributed by atoms with Crippen LogP contribution < -0.4 is 5.32 Å². The van der Waals surface area contributed by atoms with Crippen LogP contribution in [0.5, 0.6) is 0 Å². The van der Waals surface area contributed by atoms with Crippen molar-refractivity contribution in [3.63, 3.8) is 0 Å². The van der Waals surface area contributed by atoms with Gasteiger partial charge in [-0.3, -0.25) is 9.59 Å². The molecule has 1 fully saturated rings. The fraction of sp³-hybridized carbons (Fsp3) is 0.417. The maximum atomic E-state index is 13.2. The molecule has 29 heavy (non-hydrogen) atoms. The van der Waals surface area contributed by atoms with E-state index in [1.165, 1.54) is 5.56 Å². The van der Waals surface area contributed by atoms with E-state index in [1.807, 2.05) is 28.9 Å². The molecule has 1 unspecified atom stereocenters. The topological polar surface area (TPSA) is 52.6 Å². The van der Waals surface area contributed by atoms with Crippen LogP contribution in [0.25, 0.3) is 11.1 Å². The fourth-order valence-corrected chi connectivity index (χ4v) is 3.98. The van der Waals surface area contributed by atoms with Crippen LogP contribution in [0.1, 0.15) is 18.1 Å². The van der Waals surface area contributed by atoms with Gasteiger partial charge in [0.25, 0.3) is 0 Å². The Labute approximate surface area is 173 Å². The standard InChI is InChI=1S/C24H31N3O2/c1-4-26-13-14-27(23(28)16-25-3)17-21(24(26)29)15-20-7-5-6-8-22(20)19-11-9-18(2)10-12-19/h5-12,21,25H,4,13-17H2,1-3H3. The zero-order valence-electron chi connectivity index (χ0n) is 17.6. The highest BCUT2D eigenvalue weighted by Crippen LogP contribution is 2.27. The molecule has 5 heteroatoms. The lowest BCUT2D eigenvalue weighted by Gasteiger charge is -2.24. The molecule has 2 amide bonds. The molecule has 0 aromatic heterocycles. The van der Waals surface area contributed by atoms with E-state index >= 15 is 0 Å². The minimum absolute atomic E-state index is 0.0510. The molecule has 0 saturated carbocycles. The Bertz CT molecular complexity index is 847. The Balaban J connectivity index is 1.89. The molecule has 1 aliphatic heterocycles. The zero-order valence-corrected chi connectivity index (χ0v) is 17.6. The number of amides is 2. The third-order valence-corrected chi connectivity index (χ3v) is 5.65. The predicted octanol–water partition coefficient (Wildman–Crippen LogP) is 2.73. The van der Waals surface area contributed by atoms with Crippen molar-refractivity contribution < 1.29 is 9.59 Å². The highest BCUT2D eigenvalue weighted by molar-refractivity contribution is 5.83. The molecule has 1 atom stereocenters. The summed E-state index contributed by atoms with van der Waals surface area (Å²) in [6.45, 7) is 6.71. The normalized spacial score (nSPS) is 17.3. The molecule has 0 radical (unpaired) electrons. The Morgan fingerprint density at radius 2 is 1.83 bits per heavy atom. The molecular weight excluding hydrogens is 362 g/mol. The molecule has 3 rings (SSSR count). The summed E-state index contributed by atoms with van der Waals surface area (Å²) < 4.78 is 0. The van der Waals surface area contributed by atoms with Gasteiger partial charge >= 0.3 is 0 Å². The Morgan fingerprint density at radius 1 is 1.10 bits per heavy atom. The van der Waals surface area contributed by atoms with Crippen LogP contribution in [-0.2, 0) is 16.0 Å². The van der Waals surface area contributed by atoms with E-state index in [4.69, 9.17) is 0 Å². The summed E-state index contributed by atoms with van der Waals surface area (Å²) in [7, 11) is 1.77. The Morgan fingerprint density at radius 3 is 2.52 bits per heavy atom. The first kappa shape index (κ1) is 21.1. The number of hydrogen-bond acceptors (Lipinski definition) is 3. The molecule has 1 heterocycles. The van der Waals surface area contributed by atoms with Crippen LogP contribution >= 0.6 is 0 Å².